The Hall–Kier alpha value is -3.32. The number of ether oxygens (including phenoxy) is 4. The van der Waals surface area contributed by atoms with Gasteiger partial charge in [-0.15, -0.1) is 0 Å². The lowest BCUT2D eigenvalue weighted by atomic mass is 9.73. The number of rotatable bonds is 5. The Morgan fingerprint density at radius 3 is 2.63 bits per heavy atom. The second-order valence-electron chi connectivity index (χ2n) is 13.1. The summed E-state index contributed by atoms with van der Waals surface area (Å²) in [7, 11) is 1.35. The Balaban J connectivity index is 1.18. The van der Waals surface area contributed by atoms with Gasteiger partial charge in [-0.25, -0.2) is 24.5 Å². The highest BCUT2D eigenvalue weighted by molar-refractivity contribution is 7.99. The summed E-state index contributed by atoms with van der Waals surface area (Å²) in [5, 5.41) is 7.07. The van der Waals surface area contributed by atoms with Crippen molar-refractivity contribution in [3.63, 3.8) is 0 Å². The van der Waals surface area contributed by atoms with Crippen molar-refractivity contribution in [2.24, 2.45) is 10.8 Å². The second kappa shape index (κ2) is 11.3. The van der Waals surface area contributed by atoms with E-state index in [9.17, 15) is 9.59 Å². The number of carbonyl (C=O) groups is 2. The van der Waals surface area contributed by atoms with Crippen LogP contribution in [0.2, 0.25) is 0 Å². The maximum absolute atomic E-state index is 12.9. The maximum atomic E-state index is 12.9. The Bertz CT molecular complexity index is 1390. The first-order chi connectivity index (χ1) is 20.5. The molecule has 0 aromatic carbocycles. The van der Waals surface area contributed by atoms with Crippen molar-refractivity contribution in [3.05, 3.63) is 24.2 Å². The van der Waals surface area contributed by atoms with E-state index in [0.717, 1.165) is 42.9 Å². The summed E-state index contributed by atoms with van der Waals surface area (Å²) >= 11 is 1.38. The van der Waals surface area contributed by atoms with Gasteiger partial charge in [0.1, 0.15) is 10.6 Å². The number of esters is 1. The number of carbonyl (C=O) groups excluding carboxylic acids is 2. The molecule has 2 aromatic heterocycles. The molecule has 13 heteroatoms. The van der Waals surface area contributed by atoms with Crippen molar-refractivity contribution in [1.82, 2.24) is 20.3 Å². The predicted octanol–water partition coefficient (Wildman–Crippen LogP) is 4.29. The first-order valence-electron chi connectivity index (χ1n) is 14.8. The smallest absolute Gasteiger partial charge is 0.407 e. The number of hydrogen-bond acceptors (Lipinski definition) is 12. The molecule has 1 saturated carbocycles. The molecule has 2 saturated heterocycles. The molecule has 2 atom stereocenters. The third-order valence-electron chi connectivity index (χ3n) is 8.80. The molecule has 6 rings (SSSR count). The fourth-order valence-corrected chi connectivity index (χ4v) is 6.97. The van der Waals surface area contributed by atoms with E-state index in [1.165, 1.54) is 18.9 Å². The molecule has 0 radical (unpaired) electrons. The molecule has 2 N–H and O–H groups in total. The molecule has 0 bridgehead atoms. The fraction of sp³-hybridized carbons (Fsp3) is 0.633. The van der Waals surface area contributed by atoms with Crippen molar-refractivity contribution < 1.29 is 28.5 Å². The highest BCUT2D eigenvalue weighted by atomic mass is 32.2. The monoisotopic (exact) mass is 612 g/mol. The number of alkyl carbamates (subject to hydrolysis) is 1. The largest absolute Gasteiger partial charge is 0.488 e. The zero-order valence-electron chi connectivity index (χ0n) is 25.4. The third kappa shape index (κ3) is 6.19. The summed E-state index contributed by atoms with van der Waals surface area (Å²) in [6, 6.07) is 1.70. The van der Waals surface area contributed by atoms with Gasteiger partial charge in [-0.2, -0.15) is 0 Å². The number of amides is 1. The van der Waals surface area contributed by atoms with Gasteiger partial charge in [-0.1, -0.05) is 11.8 Å². The van der Waals surface area contributed by atoms with Crippen LogP contribution in [0.25, 0.3) is 0 Å². The average Bonchev–Trinajstić information content (AvgIpc) is 3.73. The Morgan fingerprint density at radius 1 is 1.16 bits per heavy atom. The summed E-state index contributed by atoms with van der Waals surface area (Å²) in [5.74, 6) is 1.36. The maximum Gasteiger partial charge on any atom is 0.407 e. The van der Waals surface area contributed by atoms with E-state index in [1.54, 1.807) is 12.4 Å². The lowest BCUT2D eigenvalue weighted by Gasteiger charge is -2.43. The Labute approximate surface area is 256 Å². The topological polar surface area (TPSA) is 137 Å². The summed E-state index contributed by atoms with van der Waals surface area (Å²) < 4.78 is 22.9. The number of piperidine rings is 1. The van der Waals surface area contributed by atoms with Crippen LogP contribution < -0.4 is 20.3 Å². The number of anilines is 2. The molecule has 1 aliphatic carbocycles. The number of fused-ring (bicyclic) bond motifs is 1. The molecule has 3 aliphatic heterocycles. The highest BCUT2D eigenvalue weighted by Gasteiger charge is 2.51. The van der Waals surface area contributed by atoms with E-state index >= 15 is 0 Å². The third-order valence-corrected chi connectivity index (χ3v) is 9.74. The van der Waals surface area contributed by atoms with Crippen LogP contribution in [0, 0.1) is 10.8 Å². The Kier molecular flexibility index (Phi) is 7.82. The lowest BCUT2D eigenvalue weighted by molar-refractivity contribution is 0.0433. The normalized spacial score (nSPS) is 23.5. The molecule has 12 nitrogen and oxygen atoms in total. The van der Waals surface area contributed by atoms with Gasteiger partial charge in [0.2, 0.25) is 0 Å². The summed E-state index contributed by atoms with van der Waals surface area (Å²) in [4.78, 5) is 42.4. The van der Waals surface area contributed by atoms with Gasteiger partial charge in [-0.3, -0.25) is 0 Å². The van der Waals surface area contributed by atoms with Gasteiger partial charge in [-0.05, 0) is 59.4 Å². The van der Waals surface area contributed by atoms with Crippen molar-refractivity contribution >= 4 is 35.5 Å². The van der Waals surface area contributed by atoms with Gasteiger partial charge >= 0.3 is 12.1 Å². The number of pyridine rings is 1. The van der Waals surface area contributed by atoms with Crippen LogP contribution >= 0.6 is 11.8 Å². The molecule has 2 spiro atoms. The molecule has 0 unspecified atom stereocenters. The average molecular weight is 613 g/mol. The van der Waals surface area contributed by atoms with E-state index in [4.69, 9.17) is 28.9 Å². The quantitative estimate of drug-likeness (QED) is 0.466. The molecule has 2 aromatic rings. The Morgan fingerprint density at radius 2 is 1.93 bits per heavy atom. The zero-order chi connectivity index (χ0) is 30.4. The molecular weight excluding hydrogens is 572 g/mol. The van der Waals surface area contributed by atoms with Crippen LogP contribution in [0.3, 0.4) is 0 Å². The first kappa shape index (κ1) is 29.7. The number of nitrogens with one attached hydrogen (secondary N) is 2. The molecule has 5 heterocycles. The van der Waals surface area contributed by atoms with E-state index in [0.29, 0.717) is 42.9 Å². The van der Waals surface area contributed by atoms with Crippen LogP contribution in [0.5, 0.6) is 5.75 Å². The van der Waals surface area contributed by atoms with Gasteiger partial charge in [0.25, 0.3) is 0 Å². The highest BCUT2D eigenvalue weighted by Crippen LogP contribution is 2.50. The molecular formula is C30H40N6O6S. The van der Waals surface area contributed by atoms with Gasteiger partial charge in [0.05, 0.1) is 43.6 Å². The minimum Gasteiger partial charge on any atom is -0.488 e. The van der Waals surface area contributed by atoms with Crippen LogP contribution in [-0.4, -0.2) is 84.7 Å². The minimum absolute atomic E-state index is 0.141. The number of nitrogens with zero attached hydrogens (tertiary/aromatic N) is 4. The van der Waals surface area contributed by atoms with Crippen molar-refractivity contribution in [2.75, 3.05) is 50.2 Å². The van der Waals surface area contributed by atoms with Gasteiger partial charge in [0.15, 0.2) is 23.1 Å². The second-order valence-corrected chi connectivity index (χ2v) is 14.2. The summed E-state index contributed by atoms with van der Waals surface area (Å²) in [5.41, 5.74) is -0.466. The number of methoxy groups -OCH3 is 1. The molecule has 3 fully saturated rings. The number of hydrogen-bond donors (Lipinski definition) is 2. The molecule has 4 aliphatic rings. The van der Waals surface area contributed by atoms with E-state index < -0.39 is 17.7 Å². The van der Waals surface area contributed by atoms with Gasteiger partial charge in [0, 0.05) is 36.7 Å². The standard InChI is InChI=1S/C30H40N6O6S/c1-18-23(35-27(38)42-28(2,3)4)30(17-40-18)9-12-36(13-10-30)25-21(26(37)39-5)34-20(14-32-25)43-19-6-11-31-24-22(19)41-16-29(7-8-29)15-33-24/h6,11,14,18,23H,7-10,12-13,15-17H2,1-5H3,(H,31,33)(H,35,38)/t18-,23+/m0/s1. The van der Waals surface area contributed by atoms with Crippen molar-refractivity contribution in [1.29, 1.82) is 0 Å². The summed E-state index contributed by atoms with van der Waals surface area (Å²) in [6.45, 7) is 10.8. The van der Waals surface area contributed by atoms with Crippen LogP contribution in [-0.2, 0) is 14.2 Å². The van der Waals surface area contributed by atoms with E-state index in [1.807, 2.05) is 33.8 Å². The van der Waals surface area contributed by atoms with E-state index in [2.05, 4.69) is 20.5 Å². The number of aromatic nitrogens is 3. The minimum atomic E-state index is -0.587. The van der Waals surface area contributed by atoms with Crippen LogP contribution in [0.15, 0.2) is 28.4 Å². The zero-order valence-corrected chi connectivity index (χ0v) is 26.2. The van der Waals surface area contributed by atoms with Crippen molar-refractivity contribution in [2.45, 2.75) is 81.0 Å². The lowest BCUT2D eigenvalue weighted by Crippen LogP contribution is -2.55. The van der Waals surface area contributed by atoms with Crippen LogP contribution in [0.1, 0.15) is 63.9 Å². The predicted molar refractivity (Wildman–Crippen MR) is 160 cm³/mol. The molecule has 43 heavy (non-hydrogen) atoms. The van der Waals surface area contributed by atoms with Gasteiger partial charge < -0.3 is 34.5 Å². The first-order valence-corrected chi connectivity index (χ1v) is 15.7. The molecule has 1 amide bonds. The van der Waals surface area contributed by atoms with Crippen molar-refractivity contribution in [3.8, 4) is 5.75 Å². The van der Waals surface area contributed by atoms with Crippen LogP contribution in [0.4, 0.5) is 16.4 Å². The fourth-order valence-electron chi connectivity index (χ4n) is 6.12. The van der Waals surface area contributed by atoms with E-state index in [-0.39, 0.29) is 28.7 Å². The summed E-state index contributed by atoms with van der Waals surface area (Å²) in [6.07, 6.45) is 6.63. The molecule has 232 valence electrons. The SMILES string of the molecule is COC(=O)c1nc(Sc2ccnc3c2OCC2(CC2)CN3)cnc1N1CCC2(CC1)CO[C@@H](C)[C@H]2NC(=O)OC(C)(C)C.